The topological polar surface area (TPSA) is 73.4 Å². The van der Waals surface area contributed by atoms with E-state index in [2.05, 4.69) is 61.8 Å². The molecule has 33 heavy (non-hydrogen) atoms. The Labute approximate surface area is 197 Å². The standard InChI is InChI=1S/C28H35N3O2/c1-19(2)23-14-10-15-24(20(3)4)27(23)31-28(33)30-18-25(21-11-6-5-7-12-21)29-17-22-13-8-9-16-26(22)32/h5-16,19-20,25,29,32H,17-18H2,1-4H3,(H2,30,31,33). The smallest absolute Gasteiger partial charge is 0.319 e. The highest BCUT2D eigenvalue weighted by molar-refractivity contribution is 5.91. The van der Waals surface area contributed by atoms with Gasteiger partial charge in [0, 0.05) is 30.4 Å². The lowest BCUT2D eigenvalue weighted by Crippen LogP contribution is -2.37. The number of benzene rings is 3. The van der Waals surface area contributed by atoms with Gasteiger partial charge in [0.1, 0.15) is 5.75 Å². The molecule has 5 heteroatoms. The third-order valence-electron chi connectivity index (χ3n) is 5.81. The van der Waals surface area contributed by atoms with Gasteiger partial charge < -0.3 is 21.1 Å². The number of hydrogen-bond donors (Lipinski definition) is 4. The molecule has 2 amide bonds. The Balaban J connectivity index is 1.72. The Morgan fingerprint density at radius 3 is 2.03 bits per heavy atom. The Kier molecular flexibility index (Phi) is 8.50. The Hall–Kier alpha value is -3.31. The van der Waals surface area contributed by atoms with Crippen LogP contribution in [0.25, 0.3) is 0 Å². The summed E-state index contributed by atoms with van der Waals surface area (Å²) in [6, 6.07) is 23.2. The summed E-state index contributed by atoms with van der Waals surface area (Å²) in [5, 5.41) is 19.7. The van der Waals surface area contributed by atoms with Gasteiger partial charge in [-0.3, -0.25) is 0 Å². The van der Waals surface area contributed by atoms with Gasteiger partial charge in [0.05, 0.1) is 0 Å². The van der Waals surface area contributed by atoms with E-state index in [9.17, 15) is 9.90 Å². The van der Waals surface area contributed by atoms with Gasteiger partial charge in [-0.2, -0.15) is 0 Å². The lowest BCUT2D eigenvalue weighted by Gasteiger charge is -2.23. The van der Waals surface area contributed by atoms with Crippen molar-refractivity contribution in [2.24, 2.45) is 0 Å². The zero-order valence-electron chi connectivity index (χ0n) is 19.9. The van der Waals surface area contributed by atoms with Crippen LogP contribution in [0.2, 0.25) is 0 Å². The number of hydrogen-bond acceptors (Lipinski definition) is 3. The van der Waals surface area contributed by atoms with E-state index in [1.807, 2.05) is 42.5 Å². The van der Waals surface area contributed by atoms with Crippen molar-refractivity contribution < 1.29 is 9.90 Å². The maximum Gasteiger partial charge on any atom is 0.319 e. The first kappa shape index (κ1) is 24.3. The van der Waals surface area contributed by atoms with Gasteiger partial charge >= 0.3 is 6.03 Å². The number of carbonyl (C=O) groups excluding carboxylic acids is 1. The molecule has 1 unspecified atom stereocenters. The average Bonchev–Trinajstić information content (AvgIpc) is 2.80. The van der Waals surface area contributed by atoms with Crippen LogP contribution in [0.3, 0.4) is 0 Å². The lowest BCUT2D eigenvalue weighted by molar-refractivity contribution is 0.250. The molecule has 174 valence electrons. The van der Waals surface area contributed by atoms with E-state index in [0.29, 0.717) is 24.9 Å². The third-order valence-corrected chi connectivity index (χ3v) is 5.81. The second-order valence-electron chi connectivity index (χ2n) is 8.93. The highest BCUT2D eigenvalue weighted by Crippen LogP contribution is 2.32. The van der Waals surface area contributed by atoms with Crippen molar-refractivity contribution in [2.45, 2.75) is 52.1 Å². The second-order valence-corrected chi connectivity index (χ2v) is 8.93. The van der Waals surface area contributed by atoms with Crippen molar-refractivity contribution in [3.05, 3.63) is 95.1 Å². The monoisotopic (exact) mass is 445 g/mol. The number of nitrogens with one attached hydrogen (secondary N) is 3. The van der Waals surface area contributed by atoms with Crippen LogP contribution in [0.4, 0.5) is 10.5 Å². The highest BCUT2D eigenvalue weighted by Gasteiger charge is 2.17. The first-order valence-electron chi connectivity index (χ1n) is 11.6. The summed E-state index contributed by atoms with van der Waals surface area (Å²) in [5.74, 6) is 0.863. The minimum absolute atomic E-state index is 0.110. The normalized spacial score (nSPS) is 12.1. The Bertz CT molecular complexity index is 1020. The van der Waals surface area contributed by atoms with Gasteiger partial charge in [0.25, 0.3) is 0 Å². The highest BCUT2D eigenvalue weighted by atomic mass is 16.3. The third kappa shape index (κ3) is 6.59. The van der Waals surface area contributed by atoms with Crippen LogP contribution in [-0.4, -0.2) is 17.7 Å². The van der Waals surface area contributed by atoms with E-state index in [-0.39, 0.29) is 17.8 Å². The maximum atomic E-state index is 12.9. The number of phenolic OH excluding ortho intramolecular Hbond substituents is 1. The van der Waals surface area contributed by atoms with Crippen molar-refractivity contribution in [1.29, 1.82) is 0 Å². The fraction of sp³-hybridized carbons (Fsp3) is 0.321. The zero-order chi connectivity index (χ0) is 23.8. The zero-order valence-corrected chi connectivity index (χ0v) is 19.9. The number of aromatic hydroxyl groups is 1. The molecule has 0 aromatic heterocycles. The quantitative estimate of drug-likeness (QED) is 0.313. The van der Waals surface area contributed by atoms with Crippen LogP contribution in [0, 0.1) is 0 Å². The molecule has 3 rings (SSSR count). The molecule has 0 heterocycles. The van der Waals surface area contributed by atoms with Gasteiger partial charge in [-0.05, 0) is 34.6 Å². The minimum atomic E-state index is -0.227. The molecule has 3 aromatic rings. The predicted octanol–water partition coefficient (Wildman–Crippen LogP) is 6.29. The molecule has 0 aliphatic rings. The van der Waals surface area contributed by atoms with E-state index in [4.69, 9.17) is 0 Å². The predicted molar refractivity (Wildman–Crippen MR) is 136 cm³/mol. The van der Waals surface area contributed by atoms with E-state index >= 15 is 0 Å². The number of carbonyl (C=O) groups is 1. The molecule has 0 bridgehead atoms. The number of amides is 2. The minimum Gasteiger partial charge on any atom is -0.508 e. The maximum absolute atomic E-state index is 12.9. The van der Waals surface area contributed by atoms with Crippen molar-refractivity contribution in [3.63, 3.8) is 0 Å². The molecule has 0 aliphatic heterocycles. The van der Waals surface area contributed by atoms with Crippen molar-refractivity contribution >= 4 is 11.7 Å². The molecule has 0 aliphatic carbocycles. The van der Waals surface area contributed by atoms with E-state index in [0.717, 1.165) is 27.9 Å². The summed E-state index contributed by atoms with van der Waals surface area (Å²) in [6.45, 7) is 9.44. The first-order chi connectivity index (χ1) is 15.9. The Morgan fingerprint density at radius 1 is 0.818 bits per heavy atom. The number of phenols is 1. The van der Waals surface area contributed by atoms with Crippen LogP contribution >= 0.6 is 0 Å². The Morgan fingerprint density at radius 2 is 1.42 bits per heavy atom. The lowest BCUT2D eigenvalue weighted by atomic mass is 9.93. The summed E-state index contributed by atoms with van der Waals surface area (Å²) in [7, 11) is 0. The second kappa shape index (κ2) is 11.5. The fourth-order valence-electron chi connectivity index (χ4n) is 3.93. The summed E-state index contributed by atoms with van der Waals surface area (Å²) in [4.78, 5) is 12.9. The van der Waals surface area contributed by atoms with E-state index in [1.54, 1.807) is 12.1 Å². The summed E-state index contributed by atoms with van der Waals surface area (Å²) in [6.07, 6.45) is 0. The molecule has 4 N–H and O–H groups in total. The summed E-state index contributed by atoms with van der Waals surface area (Å²) >= 11 is 0. The van der Waals surface area contributed by atoms with Crippen molar-refractivity contribution in [1.82, 2.24) is 10.6 Å². The largest absolute Gasteiger partial charge is 0.508 e. The summed E-state index contributed by atoms with van der Waals surface area (Å²) in [5.41, 5.74) is 5.05. The number of anilines is 1. The molecular weight excluding hydrogens is 410 g/mol. The fourth-order valence-corrected chi connectivity index (χ4v) is 3.93. The van der Waals surface area contributed by atoms with Crippen LogP contribution < -0.4 is 16.0 Å². The number of para-hydroxylation sites is 2. The van der Waals surface area contributed by atoms with Crippen LogP contribution in [0.5, 0.6) is 5.75 Å². The molecular formula is C28H35N3O2. The van der Waals surface area contributed by atoms with Gasteiger partial charge in [0.2, 0.25) is 0 Å². The molecule has 3 aromatic carbocycles. The van der Waals surface area contributed by atoms with E-state index < -0.39 is 0 Å². The molecule has 0 saturated carbocycles. The molecule has 1 atom stereocenters. The number of rotatable bonds is 9. The molecule has 0 radical (unpaired) electrons. The van der Waals surface area contributed by atoms with Crippen LogP contribution in [-0.2, 0) is 6.54 Å². The average molecular weight is 446 g/mol. The molecule has 0 fully saturated rings. The number of urea groups is 1. The van der Waals surface area contributed by atoms with Gasteiger partial charge in [-0.1, -0.05) is 94.4 Å². The molecule has 0 saturated heterocycles. The SMILES string of the molecule is CC(C)c1cccc(C(C)C)c1NC(=O)NCC(NCc1ccccc1O)c1ccccc1. The van der Waals surface area contributed by atoms with Crippen molar-refractivity contribution in [3.8, 4) is 5.75 Å². The van der Waals surface area contributed by atoms with Gasteiger partial charge in [-0.15, -0.1) is 0 Å². The molecule has 5 nitrogen and oxygen atoms in total. The first-order valence-corrected chi connectivity index (χ1v) is 11.6. The van der Waals surface area contributed by atoms with Gasteiger partial charge in [0.15, 0.2) is 0 Å². The van der Waals surface area contributed by atoms with E-state index in [1.165, 1.54) is 0 Å². The van der Waals surface area contributed by atoms with Crippen molar-refractivity contribution in [2.75, 3.05) is 11.9 Å². The summed E-state index contributed by atoms with van der Waals surface area (Å²) < 4.78 is 0. The van der Waals surface area contributed by atoms with Crippen LogP contribution in [0.15, 0.2) is 72.8 Å². The van der Waals surface area contributed by atoms with Gasteiger partial charge in [-0.25, -0.2) is 4.79 Å². The van der Waals surface area contributed by atoms with Crippen LogP contribution in [0.1, 0.15) is 67.8 Å². The molecule has 0 spiro atoms.